The van der Waals surface area contributed by atoms with Crippen molar-refractivity contribution in [2.75, 3.05) is 33.8 Å². The lowest BCUT2D eigenvalue weighted by molar-refractivity contribution is -0.180. The molecule has 1 amide bonds. The second-order valence-electron chi connectivity index (χ2n) is 18.5. The van der Waals surface area contributed by atoms with E-state index >= 15 is 0 Å². The van der Waals surface area contributed by atoms with Gasteiger partial charge in [-0.05, 0) is 98.8 Å². The molecule has 8 heteroatoms. The van der Waals surface area contributed by atoms with Crippen LogP contribution in [0.3, 0.4) is 0 Å². The largest absolute Gasteiger partial charge is 0.394 e. The number of hydrogen-bond acceptors (Lipinski definition) is 7. The number of amides is 1. The molecule has 8 atom stereocenters. The molecule has 2 N–H and O–H groups in total. The first kappa shape index (κ1) is 41.1. The zero-order chi connectivity index (χ0) is 36.8. The smallest absolute Gasteiger partial charge is 0.265 e. The highest BCUT2D eigenvalue weighted by atomic mass is 16.7. The Labute approximate surface area is 305 Å². The van der Waals surface area contributed by atoms with Crippen molar-refractivity contribution in [3.63, 3.8) is 0 Å². The van der Waals surface area contributed by atoms with Crippen molar-refractivity contribution in [2.24, 2.45) is 45.4 Å². The number of nitrogens with zero attached hydrogens (tertiary/aromatic N) is 4. The highest BCUT2D eigenvalue weighted by Gasteiger charge is 2.49. The maximum atomic E-state index is 14.0. The molecule has 4 rings (SSSR count). The number of aliphatic imine (C=N–C) groups is 1. The highest BCUT2D eigenvalue weighted by molar-refractivity contribution is 5.90. The minimum atomic E-state index is -0.841. The zero-order valence-electron chi connectivity index (χ0n) is 33.3. The van der Waals surface area contributed by atoms with Crippen molar-refractivity contribution in [1.82, 2.24) is 14.9 Å². The molecular formula is C42H72N4O4. The van der Waals surface area contributed by atoms with E-state index in [2.05, 4.69) is 102 Å². The Morgan fingerprint density at radius 1 is 1.18 bits per heavy atom. The second kappa shape index (κ2) is 17.9. The van der Waals surface area contributed by atoms with Gasteiger partial charge in [0.15, 0.2) is 0 Å². The van der Waals surface area contributed by atoms with Gasteiger partial charge in [-0.3, -0.25) is 14.5 Å². The molecule has 284 valence electrons. The molecule has 3 aliphatic rings. The lowest BCUT2D eigenvalue weighted by Gasteiger charge is -2.44. The number of carbonyl (C=O) groups excluding carboxylic acids is 1. The van der Waals surface area contributed by atoms with Gasteiger partial charge in [0.2, 0.25) is 0 Å². The van der Waals surface area contributed by atoms with E-state index < -0.39 is 24.2 Å². The average Bonchev–Trinajstić information content (AvgIpc) is 3.66. The predicted octanol–water partition coefficient (Wildman–Crippen LogP) is 7.21. The Kier molecular flexibility index (Phi) is 14.7. The van der Waals surface area contributed by atoms with Crippen molar-refractivity contribution in [3.8, 4) is 0 Å². The van der Waals surface area contributed by atoms with Gasteiger partial charge in [0.25, 0.3) is 5.91 Å². The number of likely N-dealkylation sites (N-methyl/N-ethyl adjacent to an activating group) is 1. The van der Waals surface area contributed by atoms with Crippen LogP contribution in [0.2, 0.25) is 0 Å². The fraction of sp³-hybridized carbons (Fsp3) is 0.810. The topological polar surface area (TPSA) is 88.8 Å². The molecule has 3 fully saturated rings. The van der Waals surface area contributed by atoms with E-state index in [1.807, 2.05) is 6.21 Å². The average molecular weight is 697 g/mol. The summed E-state index contributed by atoms with van der Waals surface area (Å²) in [5.41, 5.74) is 2.80. The summed E-state index contributed by atoms with van der Waals surface area (Å²) < 4.78 is 0. The summed E-state index contributed by atoms with van der Waals surface area (Å²) >= 11 is 0. The van der Waals surface area contributed by atoms with Gasteiger partial charge in [0.05, 0.1) is 19.3 Å². The third-order valence-corrected chi connectivity index (χ3v) is 12.1. The molecule has 8 nitrogen and oxygen atoms in total. The quantitative estimate of drug-likeness (QED) is 0.187. The van der Waals surface area contributed by atoms with E-state index in [1.165, 1.54) is 31.2 Å². The molecule has 50 heavy (non-hydrogen) atoms. The number of rotatable bonds is 15. The molecular weight excluding hydrogens is 624 g/mol. The summed E-state index contributed by atoms with van der Waals surface area (Å²) in [6.45, 7) is 21.1. The minimum Gasteiger partial charge on any atom is -0.394 e. The van der Waals surface area contributed by atoms with Crippen LogP contribution < -0.4 is 0 Å². The zero-order valence-corrected chi connectivity index (χ0v) is 33.3. The van der Waals surface area contributed by atoms with Gasteiger partial charge >= 0.3 is 0 Å². The normalized spacial score (nSPS) is 29.4. The van der Waals surface area contributed by atoms with Crippen molar-refractivity contribution in [1.29, 1.82) is 0 Å². The van der Waals surface area contributed by atoms with Crippen LogP contribution in [0.15, 0.2) is 29.3 Å². The molecule has 0 spiro atoms. The molecule has 0 radical (unpaired) electrons. The van der Waals surface area contributed by atoms with Crippen LogP contribution in [-0.4, -0.2) is 95.3 Å². The van der Waals surface area contributed by atoms with Gasteiger partial charge in [-0.25, -0.2) is 4.99 Å². The molecule has 1 aromatic rings. The Balaban J connectivity index is 1.56. The summed E-state index contributed by atoms with van der Waals surface area (Å²) in [6.07, 6.45) is 10.1. The SMILES string of the molecule is CC[C@@H]1CC(C=NC(=O)C2[C@H]([C@H](C)O)[C@H](CO)ON2Cc2cccc(CN(CC3CCCC3)[C@H](CN(C)C)CC(C)(C)C)c2)[C@@H](C)CC1(C)C. The number of hydroxylamine groups is 2. The maximum absolute atomic E-state index is 14.0. The lowest BCUT2D eigenvalue weighted by Crippen LogP contribution is -2.45. The molecule has 1 aromatic carbocycles. The summed E-state index contributed by atoms with van der Waals surface area (Å²) in [7, 11) is 4.36. The van der Waals surface area contributed by atoms with Gasteiger partial charge in [0, 0.05) is 37.8 Å². The van der Waals surface area contributed by atoms with Crippen LogP contribution in [-0.2, 0) is 22.7 Å². The molecule has 1 saturated heterocycles. The number of hydrogen-bond donors (Lipinski definition) is 2. The fourth-order valence-electron chi connectivity index (χ4n) is 9.60. The Morgan fingerprint density at radius 3 is 2.46 bits per heavy atom. The van der Waals surface area contributed by atoms with E-state index in [1.54, 1.807) is 12.0 Å². The molecule has 0 bridgehead atoms. The fourth-order valence-corrected chi connectivity index (χ4v) is 9.60. The minimum absolute atomic E-state index is 0.223. The van der Waals surface area contributed by atoms with Gasteiger partial charge in [0.1, 0.15) is 12.1 Å². The first-order valence-corrected chi connectivity index (χ1v) is 19.8. The third-order valence-electron chi connectivity index (χ3n) is 12.1. The van der Waals surface area contributed by atoms with Gasteiger partial charge in [-0.2, -0.15) is 5.06 Å². The summed E-state index contributed by atoms with van der Waals surface area (Å²) in [5.74, 6) is 1.14. The first-order chi connectivity index (χ1) is 23.5. The van der Waals surface area contributed by atoms with Gasteiger partial charge < -0.3 is 15.1 Å². The van der Waals surface area contributed by atoms with Crippen molar-refractivity contribution < 1.29 is 19.8 Å². The summed E-state index contributed by atoms with van der Waals surface area (Å²) in [6, 6.07) is 8.33. The molecule has 2 unspecified atom stereocenters. The number of benzene rings is 1. The highest BCUT2D eigenvalue weighted by Crippen LogP contribution is 2.47. The lowest BCUT2D eigenvalue weighted by atomic mass is 9.61. The standard InChI is InChI=1S/C42H72N4O4/c1-11-35-20-34(29(2)21-42(35,7)8)23-43-40(49)39-38(30(3)48)37(28-47)50-46(39)26-33-18-14-17-32(19-33)25-45(24-31-15-12-13-16-31)36(27-44(9)10)22-41(4,5)6/h14,17-19,23,29-31,34-39,47-48H,11-13,15-16,20-22,24-28H2,1-10H3/t29-,30-,34?,35+,36-,37-,38+,39?/m0/s1. The van der Waals surface area contributed by atoms with Crippen LogP contribution in [0, 0.1) is 40.4 Å². The third kappa shape index (κ3) is 11.2. The van der Waals surface area contributed by atoms with Crippen LogP contribution in [0.1, 0.15) is 118 Å². The molecule has 1 heterocycles. The van der Waals surface area contributed by atoms with Gasteiger partial charge in [-0.15, -0.1) is 0 Å². The van der Waals surface area contributed by atoms with Gasteiger partial charge in [-0.1, -0.05) is 92.0 Å². The van der Waals surface area contributed by atoms with Crippen LogP contribution in [0.25, 0.3) is 0 Å². The Hall–Kier alpha value is -1.68. The van der Waals surface area contributed by atoms with Crippen LogP contribution >= 0.6 is 0 Å². The van der Waals surface area contributed by atoms with E-state index in [-0.39, 0.29) is 29.3 Å². The van der Waals surface area contributed by atoms with E-state index in [9.17, 15) is 15.0 Å². The van der Waals surface area contributed by atoms with Crippen molar-refractivity contribution in [3.05, 3.63) is 35.4 Å². The van der Waals surface area contributed by atoms with Crippen molar-refractivity contribution in [2.45, 2.75) is 144 Å². The predicted molar refractivity (Wildman–Crippen MR) is 205 cm³/mol. The molecule has 2 saturated carbocycles. The molecule has 1 aliphatic heterocycles. The number of aliphatic hydroxyl groups excluding tert-OH is 2. The molecule has 2 aliphatic carbocycles. The summed E-state index contributed by atoms with van der Waals surface area (Å²) in [4.78, 5) is 29.9. The van der Waals surface area contributed by atoms with Crippen molar-refractivity contribution >= 4 is 12.1 Å². The maximum Gasteiger partial charge on any atom is 0.265 e. The number of aliphatic hydroxyl groups is 2. The van der Waals surface area contributed by atoms with E-state index in [0.717, 1.165) is 56.8 Å². The Bertz CT molecular complexity index is 1240. The second-order valence-corrected chi connectivity index (χ2v) is 18.5. The monoisotopic (exact) mass is 697 g/mol. The van der Waals surface area contributed by atoms with Crippen LogP contribution in [0.4, 0.5) is 0 Å². The summed E-state index contributed by atoms with van der Waals surface area (Å²) in [5, 5.41) is 22.8. The van der Waals surface area contributed by atoms with Crippen LogP contribution in [0.5, 0.6) is 0 Å². The first-order valence-electron chi connectivity index (χ1n) is 19.8. The number of carbonyl (C=O) groups is 1. The molecule has 0 aromatic heterocycles. The van der Waals surface area contributed by atoms with E-state index in [0.29, 0.717) is 24.4 Å². The van der Waals surface area contributed by atoms with E-state index in [4.69, 9.17) is 4.84 Å². The Morgan fingerprint density at radius 2 is 1.86 bits per heavy atom.